The standard InChI is InChI=1S/C11H14ClFN2S2/c12-8-3-11(10(14)4-9(8)13)15-5-7-6-16-1-2-17-7/h3-4,7,15H,1-2,5-6,14H2. The van der Waals surface area contributed by atoms with Crippen molar-refractivity contribution in [1.29, 1.82) is 0 Å². The second-order valence-electron chi connectivity index (χ2n) is 3.80. The Morgan fingerprint density at radius 2 is 2.29 bits per heavy atom. The number of benzene rings is 1. The highest BCUT2D eigenvalue weighted by Crippen LogP contribution is 2.28. The van der Waals surface area contributed by atoms with E-state index in [0.29, 0.717) is 16.6 Å². The molecule has 17 heavy (non-hydrogen) atoms. The van der Waals surface area contributed by atoms with Crippen molar-refractivity contribution in [3.63, 3.8) is 0 Å². The molecule has 1 fully saturated rings. The molecule has 1 aromatic rings. The van der Waals surface area contributed by atoms with Gasteiger partial charge in [-0.2, -0.15) is 23.5 Å². The van der Waals surface area contributed by atoms with E-state index in [2.05, 4.69) is 5.32 Å². The van der Waals surface area contributed by atoms with Crippen LogP contribution in [0.4, 0.5) is 15.8 Å². The fraction of sp³-hybridized carbons (Fsp3) is 0.455. The number of thioether (sulfide) groups is 2. The van der Waals surface area contributed by atoms with Gasteiger partial charge in [0.15, 0.2) is 0 Å². The third kappa shape index (κ3) is 3.60. The van der Waals surface area contributed by atoms with Crippen LogP contribution in [0, 0.1) is 5.82 Å². The van der Waals surface area contributed by atoms with Crippen molar-refractivity contribution in [2.24, 2.45) is 0 Å². The number of nitrogens with two attached hydrogens (primary N) is 1. The molecule has 94 valence electrons. The molecule has 0 bridgehead atoms. The summed E-state index contributed by atoms with van der Waals surface area (Å²) in [5, 5.41) is 3.93. The summed E-state index contributed by atoms with van der Waals surface area (Å²) in [5.74, 6) is 3.09. The van der Waals surface area contributed by atoms with Crippen LogP contribution in [0.25, 0.3) is 0 Å². The second-order valence-corrected chi connectivity index (χ2v) is 6.77. The van der Waals surface area contributed by atoms with Crippen LogP contribution in [0.2, 0.25) is 5.02 Å². The molecule has 6 heteroatoms. The molecule has 0 saturated carbocycles. The molecule has 1 heterocycles. The quantitative estimate of drug-likeness (QED) is 0.838. The van der Waals surface area contributed by atoms with Crippen LogP contribution in [-0.2, 0) is 0 Å². The highest BCUT2D eigenvalue weighted by Gasteiger charge is 2.14. The zero-order chi connectivity index (χ0) is 12.3. The summed E-state index contributed by atoms with van der Waals surface area (Å²) in [7, 11) is 0. The van der Waals surface area contributed by atoms with E-state index in [1.54, 1.807) is 6.07 Å². The molecule has 0 radical (unpaired) electrons. The molecule has 3 N–H and O–H groups in total. The molecular weight excluding hydrogens is 279 g/mol. The molecular formula is C11H14ClFN2S2. The predicted molar refractivity (Wildman–Crippen MR) is 77.9 cm³/mol. The Hall–Kier alpha value is -0.260. The molecule has 2 nitrogen and oxygen atoms in total. The summed E-state index contributed by atoms with van der Waals surface area (Å²) in [6.07, 6.45) is 0. The van der Waals surface area contributed by atoms with E-state index in [-0.39, 0.29) is 5.02 Å². The lowest BCUT2D eigenvalue weighted by Crippen LogP contribution is -2.23. The Balaban J connectivity index is 1.96. The molecule has 1 saturated heterocycles. The van der Waals surface area contributed by atoms with Crippen molar-refractivity contribution in [2.45, 2.75) is 5.25 Å². The van der Waals surface area contributed by atoms with Gasteiger partial charge in [-0.25, -0.2) is 4.39 Å². The van der Waals surface area contributed by atoms with E-state index in [0.717, 1.165) is 12.3 Å². The van der Waals surface area contributed by atoms with Crippen molar-refractivity contribution in [1.82, 2.24) is 0 Å². The number of hydrogen-bond donors (Lipinski definition) is 2. The van der Waals surface area contributed by atoms with Crippen LogP contribution in [-0.4, -0.2) is 29.1 Å². The van der Waals surface area contributed by atoms with Gasteiger partial charge in [-0.15, -0.1) is 0 Å². The SMILES string of the molecule is Nc1cc(F)c(Cl)cc1NCC1CSCCS1. The van der Waals surface area contributed by atoms with E-state index in [9.17, 15) is 4.39 Å². The average Bonchev–Trinajstić information content (AvgIpc) is 2.33. The van der Waals surface area contributed by atoms with E-state index in [1.165, 1.54) is 17.6 Å². The largest absolute Gasteiger partial charge is 0.397 e. The van der Waals surface area contributed by atoms with E-state index >= 15 is 0 Å². The van der Waals surface area contributed by atoms with Gasteiger partial charge in [0.05, 0.1) is 16.4 Å². The van der Waals surface area contributed by atoms with Gasteiger partial charge in [-0.05, 0) is 6.07 Å². The fourth-order valence-electron chi connectivity index (χ4n) is 1.59. The second kappa shape index (κ2) is 6.07. The lowest BCUT2D eigenvalue weighted by atomic mass is 10.2. The first-order valence-electron chi connectivity index (χ1n) is 5.34. The van der Waals surface area contributed by atoms with E-state index < -0.39 is 5.82 Å². The van der Waals surface area contributed by atoms with Gasteiger partial charge in [0.25, 0.3) is 0 Å². The van der Waals surface area contributed by atoms with Crippen molar-refractivity contribution in [2.75, 3.05) is 34.9 Å². The Bertz CT molecular complexity index is 397. The molecule has 0 aromatic heterocycles. The highest BCUT2D eigenvalue weighted by molar-refractivity contribution is 8.06. The van der Waals surface area contributed by atoms with Crippen molar-refractivity contribution < 1.29 is 4.39 Å². The van der Waals surface area contributed by atoms with Crippen LogP contribution in [0.3, 0.4) is 0 Å². The number of halogens is 2. The molecule has 0 spiro atoms. The fourth-order valence-corrected chi connectivity index (χ4v) is 4.37. The summed E-state index contributed by atoms with van der Waals surface area (Å²) in [6.45, 7) is 0.837. The van der Waals surface area contributed by atoms with Gasteiger partial charge < -0.3 is 11.1 Å². The zero-order valence-electron chi connectivity index (χ0n) is 9.21. The van der Waals surface area contributed by atoms with Gasteiger partial charge in [-0.1, -0.05) is 11.6 Å². The van der Waals surface area contributed by atoms with Crippen LogP contribution < -0.4 is 11.1 Å². The van der Waals surface area contributed by atoms with Crippen LogP contribution in [0.5, 0.6) is 0 Å². The minimum absolute atomic E-state index is 0.104. The summed E-state index contributed by atoms with van der Waals surface area (Å²) >= 11 is 9.66. The molecule has 1 unspecified atom stereocenters. The predicted octanol–water partition coefficient (Wildman–Crippen LogP) is 3.32. The van der Waals surface area contributed by atoms with Gasteiger partial charge in [0, 0.05) is 35.1 Å². The minimum Gasteiger partial charge on any atom is -0.397 e. The third-order valence-electron chi connectivity index (χ3n) is 2.50. The van der Waals surface area contributed by atoms with Crippen molar-refractivity contribution in [3.05, 3.63) is 23.0 Å². The number of hydrogen-bond acceptors (Lipinski definition) is 4. The summed E-state index contributed by atoms with van der Waals surface area (Å²) in [4.78, 5) is 0. The Kier molecular flexibility index (Phi) is 4.70. The van der Waals surface area contributed by atoms with E-state index in [4.69, 9.17) is 17.3 Å². The van der Waals surface area contributed by atoms with E-state index in [1.807, 2.05) is 23.5 Å². The van der Waals surface area contributed by atoms with Gasteiger partial charge >= 0.3 is 0 Å². The molecule has 2 rings (SSSR count). The summed E-state index contributed by atoms with van der Waals surface area (Å²) in [6, 6.07) is 2.81. The summed E-state index contributed by atoms with van der Waals surface area (Å²) in [5.41, 5.74) is 6.85. The first kappa shape index (κ1) is 13.2. The first-order valence-corrected chi connectivity index (χ1v) is 7.92. The monoisotopic (exact) mass is 292 g/mol. The lowest BCUT2D eigenvalue weighted by molar-refractivity contribution is 0.629. The number of anilines is 2. The van der Waals surface area contributed by atoms with Crippen molar-refractivity contribution in [3.8, 4) is 0 Å². The zero-order valence-corrected chi connectivity index (χ0v) is 11.6. The molecule has 1 atom stereocenters. The minimum atomic E-state index is -0.475. The Labute approximate surface area is 114 Å². The maximum absolute atomic E-state index is 13.1. The Morgan fingerprint density at radius 1 is 1.47 bits per heavy atom. The normalized spacial score (nSPS) is 20.2. The smallest absolute Gasteiger partial charge is 0.143 e. The molecule has 0 amide bonds. The van der Waals surface area contributed by atoms with Crippen LogP contribution in [0.1, 0.15) is 0 Å². The molecule has 1 aliphatic rings. The van der Waals surface area contributed by atoms with Crippen LogP contribution >= 0.6 is 35.1 Å². The third-order valence-corrected chi connectivity index (χ3v) is 5.63. The van der Waals surface area contributed by atoms with Gasteiger partial charge in [0.2, 0.25) is 0 Å². The maximum atomic E-state index is 13.1. The van der Waals surface area contributed by atoms with Crippen molar-refractivity contribution >= 4 is 46.5 Å². The highest BCUT2D eigenvalue weighted by atomic mass is 35.5. The first-order chi connectivity index (χ1) is 8.16. The average molecular weight is 293 g/mol. The molecule has 1 aliphatic heterocycles. The topological polar surface area (TPSA) is 38.0 Å². The van der Waals surface area contributed by atoms with Gasteiger partial charge in [-0.3, -0.25) is 0 Å². The number of rotatable bonds is 3. The maximum Gasteiger partial charge on any atom is 0.143 e. The number of nitrogens with one attached hydrogen (secondary N) is 1. The molecule has 0 aliphatic carbocycles. The summed E-state index contributed by atoms with van der Waals surface area (Å²) < 4.78 is 13.1. The lowest BCUT2D eigenvalue weighted by Gasteiger charge is -2.22. The molecule has 1 aromatic carbocycles. The number of nitrogen functional groups attached to an aromatic ring is 1. The van der Waals surface area contributed by atoms with Gasteiger partial charge in [0.1, 0.15) is 5.82 Å². The Morgan fingerprint density at radius 3 is 3.00 bits per heavy atom. The van der Waals surface area contributed by atoms with Crippen LogP contribution in [0.15, 0.2) is 12.1 Å².